The van der Waals surface area contributed by atoms with Crippen LogP contribution in [0.2, 0.25) is 0 Å². The van der Waals surface area contributed by atoms with Gasteiger partial charge in [0.2, 0.25) is 0 Å². The smallest absolute Gasteiger partial charge is 0.271 e. The maximum Gasteiger partial charge on any atom is 0.271 e. The fourth-order valence-corrected chi connectivity index (χ4v) is 2.35. The maximum absolute atomic E-state index is 12.2. The molecule has 0 saturated heterocycles. The molecule has 0 aromatic carbocycles. The number of aryl methyl sites for hydroxylation is 1. The number of pyridine rings is 1. The second-order valence-electron chi connectivity index (χ2n) is 4.22. The second-order valence-corrected chi connectivity index (χ2v) is 5.54. The van der Waals surface area contributed by atoms with Crippen LogP contribution in [0.1, 0.15) is 32.4 Å². The summed E-state index contributed by atoms with van der Waals surface area (Å²) in [7, 11) is 0. The first-order chi connectivity index (χ1) is 10.2. The molecule has 0 aliphatic rings. The van der Waals surface area contributed by atoms with Crippen LogP contribution in [-0.2, 0) is 6.54 Å². The predicted molar refractivity (Wildman–Crippen MR) is 80.8 cm³/mol. The summed E-state index contributed by atoms with van der Waals surface area (Å²) in [6.07, 6.45) is 3.70. The van der Waals surface area contributed by atoms with Gasteiger partial charge in [-0.15, -0.1) is 11.3 Å². The molecule has 1 amide bonds. The fourth-order valence-electron chi connectivity index (χ4n) is 1.62. The molecule has 0 aliphatic heterocycles. The Kier molecular flexibility index (Phi) is 5.43. The molecule has 0 radical (unpaired) electrons. The molecule has 2 heterocycles. The summed E-state index contributed by atoms with van der Waals surface area (Å²) in [5.41, 5.74) is 0.843. The molecule has 0 saturated carbocycles. The summed E-state index contributed by atoms with van der Waals surface area (Å²) in [4.78, 5) is 21.5. The van der Waals surface area contributed by atoms with Gasteiger partial charge in [0.05, 0.1) is 18.7 Å². The van der Waals surface area contributed by atoms with E-state index in [-0.39, 0.29) is 18.2 Å². The molecule has 0 fully saturated rings. The van der Waals surface area contributed by atoms with Crippen LogP contribution in [0, 0.1) is 18.8 Å². The summed E-state index contributed by atoms with van der Waals surface area (Å²) in [6.45, 7) is 2.34. The van der Waals surface area contributed by atoms with Crippen molar-refractivity contribution in [3.8, 4) is 11.8 Å². The topological polar surface area (TPSA) is 75.1 Å². The van der Waals surface area contributed by atoms with E-state index >= 15 is 0 Å². The fraction of sp³-hybridized carbons (Fsp3) is 0.267. The Balaban J connectivity index is 2.07. The van der Waals surface area contributed by atoms with Crippen molar-refractivity contribution < 1.29 is 9.90 Å². The zero-order chi connectivity index (χ0) is 15.1. The van der Waals surface area contributed by atoms with Gasteiger partial charge in [0.1, 0.15) is 10.7 Å². The third-order valence-electron chi connectivity index (χ3n) is 2.55. The van der Waals surface area contributed by atoms with Crippen LogP contribution in [0.5, 0.6) is 0 Å². The molecule has 0 atom stereocenters. The summed E-state index contributed by atoms with van der Waals surface area (Å²) in [5, 5.41) is 12.4. The molecule has 0 aliphatic carbocycles. The quantitative estimate of drug-likeness (QED) is 0.839. The van der Waals surface area contributed by atoms with Crippen LogP contribution in [0.15, 0.2) is 24.5 Å². The van der Waals surface area contributed by atoms with Crippen molar-refractivity contribution in [2.45, 2.75) is 19.9 Å². The normalized spacial score (nSPS) is 9.81. The number of nitrogens with one attached hydrogen (secondary N) is 1. The van der Waals surface area contributed by atoms with Crippen molar-refractivity contribution in [2.75, 3.05) is 6.61 Å². The first kappa shape index (κ1) is 15.2. The summed E-state index contributed by atoms with van der Waals surface area (Å²) < 4.78 is 0. The van der Waals surface area contributed by atoms with Gasteiger partial charge in [-0.05, 0) is 19.1 Å². The molecule has 108 valence electrons. The first-order valence-corrected chi connectivity index (χ1v) is 7.26. The Labute approximate surface area is 127 Å². The highest BCUT2D eigenvalue weighted by molar-refractivity contribution is 7.11. The minimum Gasteiger partial charge on any atom is -0.395 e. The number of aliphatic hydroxyl groups excluding tert-OH is 1. The van der Waals surface area contributed by atoms with Gasteiger partial charge >= 0.3 is 0 Å². The zero-order valence-corrected chi connectivity index (χ0v) is 12.4. The number of hydrogen-bond acceptors (Lipinski definition) is 5. The molecule has 2 N–H and O–H groups in total. The van der Waals surface area contributed by atoms with Gasteiger partial charge in [0.25, 0.3) is 5.91 Å². The Morgan fingerprint density at radius 3 is 3.05 bits per heavy atom. The predicted octanol–water partition coefficient (Wildman–Crippen LogP) is 1.51. The number of hydrogen-bond donors (Lipinski definition) is 2. The standard InChI is InChI=1S/C15H15N3O2S/c1-11-9-17-13(21-11)10-18-15(20)14-12(5-2-3-8-19)6-4-7-16-14/h4,6-7,9,19H,3,8,10H2,1H3,(H,18,20). The van der Waals surface area contributed by atoms with E-state index in [1.165, 1.54) is 0 Å². The second kappa shape index (κ2) is 7.53. The zero-order valence-electron chi connectivity index (χ0n) is 11.6. The number of rotatable bonds is 4. The molecule has 2 aromatic heterocycles. The summed E-state index contributed by atoms with van der Waals surface area (Å²) in [6, 6.07) is 3.46. The van der Waals surface area contributed by atoms with Gasteiger partial charge in [0, 0.05) is 23.7 Å². The van der Waals surface area contributed by atoms with Crippen LogP contribution < -0.4 is 5.32 Å². The number of aromatic nitrogens is 2. The third-order valence-corrected chi connectivity index (χ3v) is 3.46. The van der Waals surface area contributed by atoms with Crippen LogP contribution in [0.4, 0.5) is 0 Å². The van der Waals surface area contributed by atoms with Gasteiger partial charge in [-0.2, -0.15) is 0 Å². The Morgan fingerprint density at radius 1 is 1.48 bits per heavy atom. The Morgan fingerprint density at radius 2 is 2.33 bits per heavy atom. The molecule has 0 unspecified atom stereocenters. The Bertz CT molecular complexity index is 685. The lowest BCUT2D eigenvalue weighted by Gasteiger charge is -2.04. The van der Waals surface area contributed by atoms with E-state index in [1.54, 1.807) is 35.9 Å². The number of aliphatic hydroxyl groups is 1. The van der Waals surface area contributed by atoms with Gasteiger partial charge < -0.3 is 10.4 Å². The lowest BCUT2D eigenvalue weighted by molar-refractivity contribution is 0.0945. The minimum atomic E-state index is -0.281. The van der Waals surface area contributed by atoms with E-state index in [0.717, 1.165) is 9.88 Å². The summed E-state index contributed by atoms with van der Waals surface area (Å²) >= 11 is 1.54. The first-order valence-electron chi connectivity index (χ1n) is 6.45. The largest absolute Gasteiger partial charge is 0.395 e. The van der Waals surface area contributed by atoms with Gasteiger partial charge in [0.15, 0.2) is 0 Å². The third kappa shape index (κ3) is 4.38. The van der Waals surface area contributed by atoms with Crippen molar-refractivity contribution in [3.63, 3.8) is 0 Å². The molecule has 2 rings (SSSR count). The molecule has 6 heteroatoms. The molecular formula is C15H15N3O2S. The van der Waals surface area contributed by atoms with E-state index < -0.39 is 0 Å². The van der Waals surface area contributed by atoms with E-state index in [4.69, 9.17) is 5.11 Å². The molecule has 2 aromatic rings. The van der Waals surface area contributed by atoms with Crippen molar-refractivity contribution in [1.29, 1.82) is 0 Å². The van der Waals surface area contributed by atoms with E-state index in [1.807, 2.05) is 6.92 Å². The molecule has 5 nitrogen and oxygen atoms in total. The summed E-state index contributed by atoms with van der Waals surface area (Å²) in [5.74, 6) is 5.36. The molecule has 0 spiro atoms. The van der Waals surface area contributed by atoms with Crippen LogP contribution in [0.25, 0.3) is 0 Å². The molecule has 21 heavy (non-hydrogen) atoms. The number of amides is 1. The van der Waals surface area contributed by atoms with E-state index in [2.05, 4.69) is 27.1 Å². The van der Waals surface area contributed by atoms with E-state index in [0.29, 0.717) is 18.5 Å². The van der Waals surface area contributed by atoms with Crippen LogP contribution in [-0.4, -0.2) is 27.6 Å². The highest BCUT2D eigenvalue weighted by atomic mass is 32.1. The average Bonchev–Trinajstić information content (AvgIpc) is 2.91. The number of carbonyl (C=O) groups excluding carboxylic acids is 1. The van der Waals surface area contributed by atoms with Crippen LogP contribution >= 0.6 is 11.3 Å². The van der Waals surface area contributed by atoms with Gasteiger partial charge in [-0.25, -0.2) is 9.97 Å². The van der Waals surface area contributed by atoms with Crippen molar-refractivity contribution in [3.05, 3.63) is 45.7 Å². The number of nitrogens with zero attached hydrogens (tertiary/aromatic N) is 2. The average molecular weight is 301 g/mol. The molecular weight excluding hydrogens is 286 g/mol. The van der Waals surface area contributed by atoms with Gasteiger partial charge in [-0.3, -0.25) is 4.79 Å². The SMILES string of the molecule is Cc1cnc(CNC(=O)c2ncccc2C#CCCO)s1. The lowest BCUT2D eigenvalue weighted by atomic mass is 10.2. The molecule has 0 bridgehead atoms. The van der Waals surface area contributed by atoms with Crippen molar-refractivity contribution >= 4 is 17.2 Å². The highest BCUT2D eigenvalue weighted by Gasteiger charge is 2.11. The lowest BCUT2D eigenvalue weighted by Crippen LogP contribution is -2.24. The van der Waals surface area contributed by atoms with Crippen molar-refractivity contribution in [1.82, 2.24) is 15.3 Å². The number of thiazole rings is 1. The minimum absolute atomic E-state index is 0.00180. The monoisotopic (exact) mass is 301 g/mol. The maximum atomic E-state index is 12.2. The van der Waals surface area contributed by atoms with Gasteiger partial charge in [-0.1, -0.05) is 11.8 Å². The number of carbonyl (C=O) groups is 1. The highest BCUT2D eigenvalue weighted by Crippen LogP contribution is 2.11. The van der Waals surface area contributed by atoms with E-state index in [9.17, 15) is 4.79 Å². The Hall–Kier alpha value is -2.23. The van der Waals surface area contributed by atoms with Crippen LogP contribution in [0.3, 0.4) is 0 Å². The van der Waals surface area contributed by atoms with Crippen molar-refractivity contribution in [2.24, 2.45) is 0 Å².